The summed E-state index contributed by atoms with van der Waals surface area (Å²) in [5.41, 5.74) is 12.3. The van der Waals surface area contributed by atoms with Crippen LogP contribution in [0.2, 0.25) is 5.02 Å². The van der Waals surface area contributed by atoms with E-state index in [0.717, 1.165) is 50.8 Å². The van der Waals surface area contributed by atoms with Crippen LogP contribution in [0.4, 0.5) is 0 Å². The van der Waals surface area contributed by atoms with Gasteiger partial charge < -0.3 is 9.13 Å². The second kappa shape index (κ2) is 11.8. The molecule has 0 spiro atoms. The molecule has 4 aromatic carbocycles. The SMILES string of the molecule is Cc1ccc(C)n1-c1cccc(C(=O)N/N=C\c2cc(-c3ccccc3)n(-c3ccc(Cl)cc3)c2-c2ccccc2)c1. The average Bonchev–Trinajstić information content (AvgIpc) is 3.57. The van der Waals surface area contributed by atoms with Crippen molar-refractivity contribution in [2.24, 2.45) is 5.10 Å². The lowest BCUT2D eigenvalue weighted by molar-refractivity contribution is 0.0955. The summed E-state index contributed by atoms with van der Waals surface area (Å²) in [6, 6.07) is 42.0. The van der Waals surface area contributed by atoms with Gasteiger partial charge >= 0.3 is 0 Å². The zero-order chi connectivity index (χ0) is 29.1. The Balaban J connectivity index is 1.39. The maximum Gasteiger partial charge on any atom is 0.271 e. The van der Waals surface area contributed by atoms with Crippen LogP contribution < -0.4 is 5.43 Å². The molecule has 0 aliphatic heterocycles. The Labute approximate surface area is 250 Å². The number of amides is 1. The molecule has 0 bridgehead atoms. The highest BCUT2D eigenvalue weighted by molar-refractivity contribution is 6.30. The molecule has 0 aliphatic rings. The van der Waals surface area contributed by atoms with E-state index in [9.17, 15) is 4.79 Å². The first-order valence-electron chi connectivity index (χ1n) is 13.7. The number of carbonyl (C=O) groups excluding carboxylic acids is 1. The van der Waals surface area contributed by atoms with Crippen molar-refractivity contribution in [2.45, 2.75) is 13.8 Å². The fraction of sp³-hybridized carbons (Fsp3) is 0.0556. The summed E-state index contributed by atoms with van der Waals surface area (Å²) >= 11 is 6.25. The summed E-state index contributed by atoms with van der Waals surface area (Å²) in [7, 11) is 0. The van der Waals surface area contributed by atoms with Crippen molar-refractivity contribution < 1.29 is 4.79 Å². The van der Waals surface area contributed by atoms with E-state index in [1.807, 2.05) is 92.7 Å². The summed E-state index contributed by atoms with van der Waals surface area (Å²) in [6.07, 6.45) is 1.71. The van der Waals surface area contributed by atoms with Gasteiger partial charge in [0.05, 0.1) is 17.6 Å². The van der Waals surface area contributed by atoms with Crippen LogP contribution in [0, 0.1) is 13.8 Å². The monoisotopic (exact) mass is 568 g/mol. The van der Waals surface area contributed by atoms with E-state index in [2.05, 4.69) is 62.1 Å². The van der Waals surface area contributed by atoms with Crippen molar-refractivity contribution in [2.75, 3.05) is 0 Å². The molecule has 2 aromatic heterocycles. The van der Waals surface area contributed by atoms with Gasteiger partial charge in [0, 0.05) is 38.9 Å². The first-order valence-corrected chi connectivity index (χ1v) is 14.1. The van der Waals surface area contributed by atoms with Crippen molar-refractivity contribution in [3.8, 4) is 33.9 Å². The zero-order valence-corrected chi connectivity index (χ0v) is 24.1. The predicted octanol–water partition coefficient (Wildman–Crippen LogP) is 8.64. The Kier molecular flexibility index (Phi) is 7.58. The van der Waals surface area contributed by atoms with Gasteiger partial charge in [0.25, 0.3) is 5.91 Å². The quantitative estimate of drug-likeness (QED) is 0.152. The number of aryl methyl sites for hydroxylation is 2. The normalized spacial score (nSPS) is 11.2. The zero-order valence-electron chi connectivity index (χ0n) is 23.3. The summed E-state index contributed by atoms with van der Waals surface area (Å²) < 4.78 is 4.33. The van der Waals surface area contributed by atoms with Gasteiger partial charge in [0.15, 0.2) is 0 Å². The molecule has 42 heavy (non-hydrogen) atoms. The van der Waals surface area contributed by atoms with Crippen LogP contribution in [0.1, 0.15) is 27.3 Å². The van der Waals surface area contributed by atoms with Crippen LogP contribution in [0.5, 0.6) is 0 Å². The molecule has 1 N–H and O–H groups in total. The molecule has 6 rings (SSSR count). The highest BCUT2D eigenvalue weighted by Gasteiger charge is 2.19. The summed E-state index contributed by atoms with van der Waals surface area (Å²) in [4.78, 5) is 13.2. The van der Waals surface area contributed by atoms with E-state index in [-0.39, 0.29) is 5.91 Å². The van der Waals surface area contributed by atoms with E-state index in [4.69, 9.17) is 11.6 Å². The van der Waals surface area contributed by atoms with Crippen molar-refractivity contribution in [1.82, 2.24) is 14.6 Å². The average molecular weight is 569 g/mol. The third kappa shape index (κ3) is 5.42. The largest absolute Gasteiger partial charge is 0.318 e. The lowest BCUT2D eigenvalue weighted by Crippen LogP contribution is -2.18. The molecular formula is C36H29ClN4O. The number of halogens is 1. The molecule has 206 valence electrons. The highest BCUT2D eigenvalue weighted by atomic mass is 35.5. The van der Waals surface area contributed by atoms with E-state index in [1.165, 1.54) is 0 Å². The summed E-state index contributed by atoms with van der Waals surface area (Å²) in [6.45, 7) is 4.10. The standard InChI is InChI=1S/C36H29ClN4O/c1-25-16-17-26(2)40(25)33-15-9-14-29(22-33)36(42)39-38-24-30-23-34(27-10-5-3-6-11-27)41(32-20-18-31(37)19-21-32)35(30)28-12-7-4-8-13-28/h3-24H,1-2H3,(H,39,42)/b38-24-. The topological polar surface area (TPSA) is 51.3 Å². The minimum atomic E-state index is -0.280. The lowest BCUT2D eigenvalue weighted by atomic mass is 10.1. The van der Waals surface area contributed by atoms with Crippen LogP contribution in [-0.2, 0) is 0 Å². The van der Waals surface area contributed by atoms with Gasteiger partial charge in [-0.1, -0.05) is 78.3 Å². The van der Waals surface area contributed by atoms with Crippen LogP contribution in [0.25, 0.3) is 33.9 Å². The minimum absolute atomic E-state index is 0.280. The molecule has 0 unspecified atom stereocenters. The fourth-order valence-corrected chi connectivity index (χ4v) is 5.41. The van der Waals surface area contributed by atoms with E-state index in [1.54, 1.807) is 12.3 Å². The van der Waals surface area contributed by atoms with Crippen LogP contribution in [-0.4, -0.2) is 21.3 Å². The van der Waals surface area contributed by atoms with Crippen molar-refractivity contribution >= 4 is 23.7 Å². The number of nitrogens with zero attached hydrogens (tertiary/aromatic N) is 3. The molecule has 6 aromatic rings. The van der Waals surface area contributed by atoms with Gasteiger partial charge in [-0.05, 0) is 85.6 Å². The Hall–Kier alpha value is -5.13. The third-order valence-corrected chi connectivity index (χ3v) is 7.49. The smallest absolute Gasteiger partial charge is 0.271 e. The molecule has 6 heteroatoms. The molecule has 5 nitrogen and oxygen atoms in total. The highest BCUT2D eigenvalue weighted by Crippen LogP contribution is 2.35. The third-order valence-electron chi connectivity index (χ3n) is 7.24. The minimum Gasteiger partial charge on any atom is -0.318 e. The second-order valence-corrected chi connectivity index (χ2v) is 10.5. The number of benzene rings is 4. The molecule has 2 heterocycles. The molecule has 1 amide bonds. The first kappa shape index (κ1) is 27.1. The number of hydrazone groups is 1. The molecule has 0 atom stereocenters. The fourth-order valence-electron chi connectivity index (χ4n) is 5.29. The maximum absolute atomic E-state index is 13.2. The molecule has 0 aliphatic carbocycles. The van der Waals surface area contributed by atoms with Gasteiger partial charge in [0.2, 0.25) is 0 Å². The molecule has 0 saturated heterocycles. The Bertz CT molecular complexity index is 1870. The van der Waals surface area contributed by atoms with Crippen LogP contribution in [0.3, 0.4) is 0 Å². The number of hydrogen-bond donors (Lipinski definition) is 1. The Morgan fingerprint density at radius 1 is 0.690 bits per heavy atom. The second-order valence-electron chi connectivity index (χ2n) is 10.1. The van der Waals surface area contributed by atoms with Crippen molar-refractivity contribution in [3.63, 3.8) is 0 Å². The van der Waals surface area contributed by atoms with Gasteiger partial charge in [-0.2, -0.15) is 5.10 Å². The molecule has 0 fully saturated rings. The first-order chi connectivity index (χ1) is 20.5. The maximum atomic E-state index is 13.2. The van der Waals surface area contributed by atoms with Gasteiger partial charge in [-0.25, -0.2) is 5.43 Å². The number of nitrogens with one attached hydrogen (secondary N) is 1. The van der Waals surface area contributed by atoms with E-state index < -0.39 is 0 Å². The number of rotatable bonds is 7. The van der Waals surface area contributed by atoms with Crippen molar-refractivity contribution in [3.05, 3.63) is 155 Å². The predicted molar refractivity (Wildman–Crippen MR) is 172 cm³/mol. The van der Waals surface area contributed by atoms with E-state index >= 15 is 0 Å². The Morgan fingerprint density at radius 2 is 1.33 bits per heavy atom. The van der Waals surface area contributed by atoms with E-state index in [0.29, 0.717) is 10.6 Å². The molecule has 0 radical (unpaired) electrons. The summed E-state index contributed by atoms with van der Waals surface area (Å²) in [5, 5.41) is 5.09. The van der Waals surface area contributed by atoms with Gasteiger partial charge in [-0.15, -0.1) is 0 Å². The van der Waals surface area contributed by atoms with Gasteiger partial charge in [0.1, 0.15) is 0 Å². The lowest BCUT2D eigenvalue weighted by Gasteiger charge is -2.15. The summed E-state index contributed by atoms with van der Waals surface area (Å²) in [5.74, 6) is -0.280. The number of aromatic nitrogens is 2. The van der Waals surface area contributed by atoms with Crippen LogP contribution >= 0.6 is 11.6 Å². The van der Waals surface area contributed by atoms with Crippen molar-refractivity contribution in [1.29, 1.82) is 0 Å². The number of hydrogen-bond acceptors (Lipinski definition) is 2. The van der Waals surface area contributed by atoms with Crippen LogP contribution in [0.15, 0.2) is 132 Å². The van der Waals surface area contributed by atoms with Gasteiger partial charge in [-0.3, -0.25) is 4.79 Å². The molecular weight excluding hydrogens is 540 g/mol. The Morgan fingerprint density at radius 3 is 2.00 bits per heavy atom. The number of carbonyl (C=O) groups is 1. The molecule has 0 saturated carbocycles.